The minimum absolute atomic E-state index is 0.0145. The van der Waals surface area contributed by atoms with E-state index in [4.69, 9.17) is 14.2 Å². The predicted octanol–water partition coefficient (Wildman–Crippen LogP) is 1.49. The van der Waals surface area contributed by atoms with Crippen molar-refractivity contribution in [1.29, 1.82) is 0 Å². The molecule has 3 aromatic rings. The summed E-state index contributed by atoms with van der Waals surface area (Å²) in [5.41, 5.74) is 1.83. The van der Waals surface area contributed by atoms with Crippen LogP contribution in [0.1, 0.15) is 33.2 Å². The number of rotatable bonds is 4. The molecular weight excluding hydrogens is 576 g/mol. The van der Waals surface area contributed by atoms with Crippen LogP contribution in [0.2, 0.25) is 0 Å². The number of carbonyl (C=O) groups is 2. The van der Waals surface area contributed by atoms with Gasteiger partial charge < -0.3 is 0 Å². The van der Waals surface area contributed by atoms with Gasteiger partial charge in [-0.2, -0.15) is 0 Å². The van der Waals surface area contributed by atoms with Gasteiger partial charge in [0.05, 0.1) is 7.11 Å². The molecule has 4 heterocycles. The number of methoxy groups -OCH3 is 1. The van der Waals surface area contributed by atoms with Gasteiger partial charge in [0.1, 0.15) is 0 Å². The summed E-state index contributed by atoms with van der Waals surface area (Å²) >= 11 is -0.0253. The van der Waals surface area contributed by atoms with Crippen LogP contribution in [0.4, 0.5) is 9.18 Å². The zero-order valence-electron chi connectivity index (χ0n) is 20.9. The zero-order chi connectivity index (χ0) is 27.1. The summed E-state index contributed by atoms with van der Waals surface area (Å²) in [5, 5.41) is 2.54. The molecule has 39 heavy (non-hydrogen) atoms. The molecule has 3 aliphatic rings. The maximum atomic E-state index is 15.2. The fourth-order valence-corrected chi connectivity index (χ4v) is 7.64. The Morgan fingerprint density at radius 3 is 2.79 bits per heavy atom. The standard InChI is InChI=1S/C27H24FN3O7Se/c1-35-27(34)38-15-37-25-20(32)9-10-30-24(25)26(33)29-11-12-36-13-22(29)31(30)23-16-6-4-7-19(28)18(16)14-39-21-8-3-2-5-17(21)23/h2-10,22-23H,11-15H2,1H3/t22-,23+/m1/s1. The number of amides is 1. The van der Waals surface area contributed by atoms with Gasteiger partial charge in [-0.25, -0.2) is 0 Å². The fourth-order valence-electron chi connectivity index (χ4n) is 5.28. The number of carbonyl (C=O) groups excluding carboxylic acids is 2. The number of morpholine rings is 1. The average molecular weight is 600 g/mol. The number of nitrogens with zero attached hydrogens (tertiary/aromatic N) is 3. The molecule has 1 aromatic heterocycles. The molecule has 0 aliphatic carbocycles. The second-order valence-electron chi connectivity index (χ2n) is 9.03. The van der Waals surface area contributed by atoms with E-state index in [9.17, 15) is 14.4 Å². The third-order valence-corrected chi connectivity index (χ3v) is 9.34. The molecule has 202 valence electrons. The van der Waals surface area contributed by atoms with Gasteiger partial charge in [-0.15, -0.1) is 0 Å². The third kappa shape index (κ3) is 4.34. The maximum absolute atomic E-state index is 15.2. The van der Waals surface area contributed by atoms with Crippen LogP contribution in [-0.2, 0) is 19.5 Å². The van der Waals surface area contributed by atoms with Crippen molar-refractivity contribution in [2.24, 2.45) is 0 Å². The van der Waals surface area contributed by atoms with E-state index in [0.29, 0.717) is 17.5 Å². The first-order valence-electron chi connectivity index (χ1n) is 12.2. The molecule has 0 unspecified atom stereocenters. The summed E-state index contributed by atoms with van der Waals surface area (Å²) in [4.78, 5) is 39.9. The van der Waals surface area contributed by atoms with Crippen LogP contribution in [0.25, 0.3) is 0 Å². The Bertz CT molecular complexity index is 1510. The summed E-state index contributed by atoms with van der Waals surface area (Å²) in [6.07, 6.45) is -0.00970. The second kappa shape index (κ2) is 10.4. The molecule has 2 atom stereocenters. The molecule has 12 heteroatoms. The molecule has 10 nitrogen and oxygen atoms in total. The Balaban J connectivity index is 1.57. The van der Waals surface area contributed by atoms with Crippen molar-refractivity contribution in [2.45, 2.75) is 17.5 Å². The average Bonchev–Trinajstić information content (AvgIpc) is 3.12. The van der Waals surface area contributed by atoms with E-state index < -0.39 is 36.5 Å². The van der Waals surface area contributed by atoms with Gasteiger partial charge in [0.15, 0.2) is 0 Å². The molecular formula is C27H24FN3O7Se. The monoisotopic (exact) mass is 601 g/mol. The summed E-state index contributed by atoms with van der Waals surface area (Å²) in [6, 6.07) is 13.9. The Hall–Kier alpha value is -3.86. The van der Waals surface area contributed by atoms with E-state index in [1.807, 2.05) is 29.3 Å². The molecule has 2 aromatic carbocycles. The van der Waals surface area contributed by atoms with Crippen LogP contribution in [0.5, 0.6) is 5.75 Å². The Kier molecular flexibility index (Phi) is 6.76. The number of benzene rings is 2. The first kappa shape index (κ1) is 25.4. The molecule has 1 saturated heterocycles. The molecule has 1 amide bonds. The normalized spacial score (nSPS) is 19.7. The predicted molar refractivity (Wildman–Crippen MR) is 137 cm³/mol. The SMILES string of the molecule is COC(=O)OCOc1c2n(ccc1=O)N([C@@H]1c3ccccc3[Se]Cc3c(F)cccc31)[C@@H]1COCCN1C2=O. The first-order chi connectivity index (χ1) is 19.0. The molecule has 0 bridgehead atoms. The van der Waals surface area contributed by atoms with Crippen LogP contribution < -0.4 is 19.6 Å². The zero-order valence-corrected chi connectivity index (χ0v) is 22.6. The van der Waals surface area contributed by atoms with E-state index in [1.165, 1.54) is 18.3 Å². The number of pyridine rings is 1. The van der Waals surface area contributed by atoms with Crippen molar-refractivity contribution in [3.05, 3.63) is 93.2 Å². The van der Waals surface area contributed by atoms with E-state index in [2.05, 4.69) is 10.8 Å². The third-order valence-electron chi connectivity index (χ3n) is 7.00. The Morgan fingerprint density at radius 1 is 1.13 bits per heavy atom. The topological polar surface area (TPSA) is 99.5 Å². The number of fused-ring (bicyclic) bond motifs is 4. The van der Waals surface area contributed by atoms with Crippen LogP contribution in [0.15, 0.2) is 59.5 Å². The number of hydrogen-bond acceptors (Lipinski definition) is 8. The minimum atomic E-state index is -0.989. The van der Waals surface area contributed by atoms with Gasteiger partial charge in [-0.05, 0) is 0 Å². The first-order valence-corrected chi connectivity index (χ1v) is 14.3. The van der Waals surface area contributed by atoms with E-state index in [0.717, 1.165) is 22.7 Å². The molecule has 0 radical (unpaired) electrons. The van der Waals surface area contributed by atoms with Gasteiger partial charge >= 0.3 is 222 Å². The van der Waals surface area contributed by atoms with E-state index in [-0.39, 0.29) is 45.4 Å². The second-order valence-corrected chi connectivity index (χ2v) is 11.2. The van der Waals surface area contributed by atoms with E-state index >= 15 is 4.39 Å². The van der Waals surface area contributed by atoms with Crippen molar-refractivity contribution in [1.82, 2.24) is 9.58 Å². The molecule has 6 rings (SSSR count). The van der Waals surface area contributed by atoms with Crippen molar-refractivity contribution in [2.75, 3.05) is 38.7 Å². The van der Waals surface area contributed by atoms with Gasteiger partial charge in [0.2, 0.25) is 0 Å². The number of aromatic nitrogens is 1. The van der Waals surface area contributed by atoms with E-state index in [1.54, 1.807) is 15.6 Å². The summed E-state index contributed by atoms with van der Waals surface area (Å²) in [6.45, 7) is 0.203. The molecule has 3 aliphatic heterocycles. The van der Waals surface area contributed by atoms with Gasteiger partial charge in [0.25, 0.3) is 0 Å². The van der Waals surface area contributed by atoms with Crippen LogP contribution in [-0.4, -0.2) is 76.4 Å². The van der Waals surface area contributed by atoms with Gasteiger partial charge in [-0.3, -0.25) is 0 Å². The van der Waals surface area contributed by atoms with Crippen molar-refractivity contribution < 1.29 is 32.9 Å². The Morgan fingerprint density at radius 2 is 1.95 bits per heavy atom. The number of hydrogen-bond donors (Lipinski definition) is 0. The van der Waals surface area contributed by atoms with Crippen LogP contribution in [0.3, 0.4) is 0 Å². The Labute approximate surface area is 228 Å². The number of ether oxygens (including phenoxy) is 4. The fraction of sp³-hybridized carbons (Fsp3) is 0.296. The summed E-state index contributed by atoms with van der Waals surface area (Å²) in [5.74, 6) is -0.955. The van der Waals surface area contributed by atoms with Crippen molar-refractivity contribution in [3.63, 3.8) is 0 Å². The van der Waals surface area contributed by atoms with Crippen LogP contribution >= 0.6 is 0 Å². The van der Waals surface area contributed by atoms with Gasteiger partial charge in [-0.1, -0.05) is 0 Å². The quantitative estimate of drug-likeness (QED) is 0.253. The molecule has 1 fully saturated rings. The summed E-state index contributed by atoms with van der Waals surface area (Å²) in [7, 11) is 1.15. The van der Waals surface area contributed by atoms with Crippen LogP contribution in [0, 0.1) is 5.82 Å². The molecule has 0 spiro atoms. The van der Waals surface area contributed by atoms with Crippen molar-refractivity contribution >= 4 is 31.5 Å². The summed E-state index contributed by atoms with van der Waals surface area (Å²) < 4.78 is 38.6. The van der Waals surface area contributed by atoms with Crippen molar-refractivity contribution in [3.8, 4) is 5.75 Å². The number of halogens is 1. The molecule has 0 saturated carbocycles. The molecule has 0 N–H and O–H groups in total. The van der Waals surface area contributed by atoms with Gasteiger partial charge in [0, 0.05) is 0 Å².